The van der Waals surface area contributed by atoms with Gasteiger partial charge in [-0.15, -0.1) is 0 Å². The fraction of sp³-hybridized carbons (Fsp3) is 0.333. The molecule has 2 N–H and O–H groups in total. The van der Waals surface area contributed by atoms with Gasteiger partial charge in [-0.1, -0.05) is 61.5 Å². The minimum absolute atomic E-state index is 0.150. The molecule has 2 aromatic heterocycles. The highest BCUT2D eigenvalue weighted by molar-refractivity contribution is 5.92. The summed E-state index contributed by atoms with van der Waals surface area (Å²) in [5, 5.41) is 4.59. The summed E-state index contributed by atoms with van der Waals surface area (Å²) in [6.07, 6.45) is 1.63. The van der Waals surface area contributed by atoms with Gasteiger partial charge in [0.25, 0.3) is 0 Å². The monoisotopic (exact) mass is 440 g/mol. The minimum Gasteiger partial charge on any atom is -0.363 e. The summed E-state index contributed by atoms with van der Waals surface area (Å²) in [6, 6.07) is 21.5. The first-order valence-corrected chi connectivity index (χ1v) is 11.9. The topological polar surface area (TPSA) is 60.1 Å². The van der Waals surface area contributed by atoms with Gasteiger partial charge in [0.15, 0.2) is 0 Å². The first-order valence-electron chi connectivity index (χ1n) is 11.9. The number of aromatic amines is 1. The Kier molecular flexibility index (Phi) is 6.37. The van der Waals surface area contributed by atoms with Crippen molar-refractivity contribution in [3.8, 4) is 11.3 Å². The van der Waals surface area contributed by atoms with Crippen LogP contribution in [-0.2, 0) is 6.54 Å². The second-order valence-corrected chi connectivity index (χ2v) is 8.81. The van der Waals surface area contributed by atoms with Crippen LogP contribution in [0.2, 0.25) is 0 Å². The first-order chi connectivity index (χ1) is 16.2. The predicted octanol–water partition coefficient (Wildman–Crippen LogP) is 4.94. The van der Waals surface area contributed by atoms with Gasteiger partial charge in [-0.3, -0.25) is 4.90 Å². The van der Waals surface area contributed by atoms with Crippen LogP contribution in [0.25, 0.3) is 22.3 Å². The zero-order valence-corrected chi connectivity index (χ0v) is 19.5. The quantitative estimate of drug-likeness (QED) is 0.426. The normalized spacial score (nSPS) is 16.2. The van der Waals surface area contributed by atoms with Gasteiger partial charge >= 0.3 is 0 Å². The van der Waals surface area contributed by atoms with Crippen LogP contribution >= 0.6 is 0 Å². The van der Waals surface area contributed by atoms with Crippen LogP contribution in [0.3, 0.4) is 0 Å². The van der Waals surface area contributed by atoms with Crippen molar-refractivity contribution in [1.29, 1.82) is 0 Å². The average molecular weight is 441 g/mol. The molecule has 33 heavy (non-hydrogen) atoms. The molecule has 2 aromatic carbocycles. The molecule has 4 aromatic rings. The second kappa shape index (κ2) is 9.73. The highest BCUT2D eigenvalue weighted by atomic mass is 15.3. The second-order valence-electron chi connectivity index (χ2n) is 8.81. The van der Waals surface area contributed by atoms with E-state index in [0.29, 0.717) is 0 Å². The Balaban J connectivity index is 1.40. The largest absolute Gasteiger partial charge is 0.363 e. The molecule has 0 saturated carbocycles. The minimum atomic E-state index is 0.150. The van der Waals surface area contributed by atoms with Gasteiger partial charge < -0.3 is 15.2 Å². The van der Waals surface area contributed by atoms with E-state index in [1.807, 2.05) is 6.07 Å². The highest BCUT2D eigenvalue weighted by Crippen LogP contribution is 2.31. The zero-order valence-electron chi connectivity index (χ0n) is 19.5. The first kappa shape index (κ1) is 21.6. The Morgan fingerprint density at radius 3 is 2.45 bits per heavy atom. The number of H-pyrrole nitrogens is 1. The summed E-state index contributed by atoms with van der Waals surface area (Å²) < 4.78 is 0. The van der Waals surface area contributed by atoms with E-state index in [0.717, 1.165) is 61.8 Å². The molecule has 0 amide bonds. The van der Waals surface area contributed by atoms with Crippen molar-refractivity contribution in [1.82, 2.24) is 24.8 Å². The van der Waals surface area contributed by atoms with Crippen molar-refractivity contribution in [2.24, 2.45) is 0 Å². The summed E-state index contributed by atoms with van der Waals surface area (Å²) >= 11 is 0. The Morgan fingerprint density at radius 1 is 0.939 bits per heavy atom. The number of benzene rings is 2. The van der Waals surface area contributed by atoms with E-state index in [9.17, 15) is 0 Å². The van der Waals surface area contributed by atoms with E-state index in [-0.39, 0.29) is 6.04 Å². The van der Waals surface area contributed by atoms with E-state index in [2.05, 4.69) is 98.5 Å². The van der Waals surface area contributed by atoms with Crippen molar-refractivity contribution in [3.63, 3.8) is 0 Å². The number of hydrogen-bond acceptors (Lipinski definition) is 5. The maximum atomic E-state index is 4.56. The van der Waals surface area contributed by atoms with Crippen LogP contribution in [0.1, 0.15) is 31.0 Å². The fourth-order valence-corrected chi connectivity index (χ4v) is 4.66. The number of nitrogens with one attached hydrogen (secondary N) is 2. The van der Waals surface area contributed by atoms with Crippen LogP contribution in [0.5, 0.6) is 0 Å². The third-order valence-corrected chi connectivity index (χ3v) is 6.69. The molecule has 1 unspecified atom stereocenters. The Morgan fingerprint density at radius 2 is 1.67 bits per heavy atom. The average Bonchev–Trinajstić information content (AvgIpc) is 3.31. The number of fused-ring (bicyclic) bond motifs is 1. The van der Waals surface area contributed by atoms with Crippen molar-refractivity contribution in [2.75, 3.05) is 38.0 Å². The number of aromatic nitrogens is 3. The molecule has 1 aliphatic rings. The molecule has 0 bridgehead atoms. The van der Waals surface area contributed by atoms with Crippen LogP contribution in [-0.4, -0.2) is 57.5 Å². The fourth-order valence-electron chi connectivity index (χ4n) is 4.66. The molecular weight excluding hydrogens is 408 g/mol. The molecule has 1 aliphatic heterocycles. The molecule has 1 saturated heterocycles. The summed E-state index contributed by atoms with van der Waals surface area (Å²) in [5.74, 6) is 0.854. The van der Waals surface area contributed by atoms with Crippen LogP contribution in [0.15, 0.2) is 67.0 Å². The molecule has 1 atom stereocenters. The lowest BCUT2D eigenvalue weighted by molar-refractivity contribution is 0.132. The lowest BCUT2D eigenvalue weighted by Gasteiger charge is -2.34. The molecular formula is C27H32N6. The SMILES string of the molecule is CCN1CCN(Cc2ccccc2-c2cc3c(NC(C)c4ccccc4)ncnc3[nH]2)CC1. The molecule has 5 rings (SSSR count). The van der Waals surface area contributed by atoms with E-state index in [4.69, 9.17) is 0 Å². The number of rotatable bonds is 7. The Hall–Kier alpha value is -3.22. The standard InChI is InChI=1S/C27H32N6/c1-3-32-13-15-33(16-14-32)18-22-11-7-8-12-23(22)25-17-24-26(28-19-29-27(24)31-25)30-20(2)21-9-5-4-6-10-21/h4-12,17,19-20H,3,13-16,18H2,1-2H3,(H2,28,29,30,31). The smallest absolute Gasteiger partial charge is 0.143 e. The number of piperazine rings is 1. The zero-order chi connectivity index (χ0) is 22.6. The maximum Gasteiger partial charge on any atom is 0.143 e. The molecule has 6 heteroatoms. The Labute approximate surface area is 195 Å². The molecule has 170 valence electrons. The van der Waals surface area contributed by atoms with Crippen molar-refractivity contribution in [2.45, 2.75) is 26.4 Å². The Bertz CT molecular complexity index is 1190. The van der Waals surface area contributed by atoms with Gasteiger partial charge in [-0.25, -0.2) is 9.97 Å². The van der Waals surface area contributed by atoms with Crippen molar-refractivity contribution >= 4 is 16.9 Å². The molecule has 6 nitrogen and oxygen atoms in total. The number of hydrogen-bond donors (Lipinski definition) is 2. The third kappa shape index (κ3) is 4.77. The van der Waals surface area contributed by atoms with Crippen LogP contribution < -0.4 is 5.32 Å². The third-order valence-electron chi connectivity index (χ3n) is 6.69. The van der Waals surface area contributed by atoms with Gasteiger partial charge in [0.05, 0.1) is 5.39 Å². The molecule has 0 spiro atoms. The summed E-state index contributed by atoms with van der Waals surface area (Å²) in [6.45, 7) is 11.0. The lowest BCUT2D eigenvalue weighted by Crippen LogP contribution is -2.45. The predicted molar refractivity (Wildman–Crippen MR) is 135 cm³/mol. The van der Waals surface area contributed by atoms with Crippen LogP contribution in [0.4, 0.5) is 5.82 Å². The van der Waals surface area contributed by atoms with Gasteiger partial charge in [0.1, 0.15) is 17.8 Å². The maximum absolute atomic E-state index is 4.56. The number of nitrogens with zero attached hydrogens (tertiary/aromatic N) is 4. The highest BCUT2D eigenvalue weighted by Gasteiger charge is 2.18. The molecule has 0 aliphatic carbocycles. The number of anilines is 1. The molecule has 0 radical (unpaired) electrons. The summed E-state index contributed by atoms with van der Waals surface area (Å²) in [5.41, 5.74) is 5.75. The number of likely N-dealkylation sites (N-methyl/N-ethyl adjacent to an activating group) is 1. The van der Waals surface area contributed by atoms with E-state index in [1.165, 1.54) is 16.7 Å². The van der Waals surface area contributed by atoms with E-state index < -0.39 is 0 Å². The summed E-state index contributed by atoms with van der Waals surface area (Å²) in [4.78, 5) is 17.7. The van der Waals surface area contributed by atoms with Gasteiger partial charge in [0.2, 0.25) is 0 Å². The van der Waals surface area contributed by atoms with Crippen LogP contribution in [0, 0.1) is 0 Å². The van der Waals surface area contributed by atoms with Crippen molar-refractivity contribution < 1.29 is 0 Å². The van der Waals surface area contributed by atoms with Gasteiger partial charge in [0, 0.05) is 50.0 Å². The molecule has 1 fully saturated rings. The van der Waals surface area contributed by atoms with Crippen molar-refractivity contribution in [3.05, 3.63) is 78.1 Å². The van der Waals surface area contributed by atoms with Gasteiger partial charge in [-0.2, -0.15) is 0 Å². The lowest BCUT2D eigenvalue weighted by atomic mass is 10.0. The van der Waals surface area contributed by atoms with E-state index >= 15 is 0 Å². The summed E-state index contributed by atoms with van der Waals surface area (Å²) in [7, 11) is 0. The molecule has 3 heterocycles. The van der Waals surface area contributed by atoms with E-state index in [1.54, 1.807) is 6.33 Å². The van der Waals surface area contributed by atoms with Gasteiger partial charge in [-0.05, 0) is 30.7 Å².